The first-order valence-electron chi connectivity index (χ1n) is 6.54. The highest BCUT2D eigenvalue weighted by Gasteiger charge is 2.31. The fourth-order valence-electron chi connectivity index (χ4n) is 2.13. The van der Waals surface area contributed by atoms with Crippen molar-refractivity contribution in [3.05, 3.63) is 28.8 Å². The molecule has 0 spiro atoms. The second-order valence-electron chi connectivity index (χ2n) is 5.16. The Kier molecular flexibility index (Phi) is 4.58. The molecule has 0 saturated heterocycles. The lowest BCUT2D eigenvalue weighted by atomic mass is 9.90. The fraction of sp³-hybridized carbons (Fsp3) is 0.500. The number of nitrogens with one attached hydrogen (secondary N) is 1. The predicted octanol–water partition coefficient (Wildman–Crippen LogP) is 5.34. The van der Waals surface area contributed by atoms with Gasteiger partial charge in [-0.25, -0.2) is 0 Å². The average Bonchev–Trinajstić information content (AvgIpc) is 2.38. The van der Waals surface area contributed by atoms with Crippen LogP contribution in [0.4, 0.5) is 18.9 Å². The zero-order valence-corrected chi connectivity index (χ0v) is 11.9. The Balaban J connectivity index is 2.11. The molecular weight excluding hydrogens is 289 g/mol. The minimum absolute atomic E-state index is 0.188. The molecule has 0 aliphatic heterocycles. The lowest BCUT2D eigenvalue weighted by molar-refractivity contribution is -0.137. The Bertz CT molecular complexity index is 502. The number of hydrazone groups is 1. The maximum absolute atomic E-state index is 12.6. The van der Waals surface area contributed by atoms with Crippen molar-refractivity contribution in [1.82, 2.24) is 0 Å². The van der Waals surface area contributed by atoms with E-state index >= 15 is 0 Å². The number of anilines is 1. The molecule has 0 bridgehead atoms. The van der Waals surface area contributed by atoms with E-state index in [1.54, 1.807) is 0 Å². The van der Waals surface area contributed by atoms with E-state index in [9.17, 15) is 13.2 Å². The van der Waals surface area contributed by atoms with E-state index in [-0.39, 0.29) is 10.7 Å². The van der Waals surface area contributed by atoms with Crippen LogP contribution in [0, 0.1) is 5.92 Å². The second-order valence-corrected chi connectivity index (χ2v) is 5.57. The van der Waals surface area contributed by atoms with Gasteiger partial charge in [0.05, 0.1) is 16.3 Å². The van der Waals surface area contributed by atoms with E-state index in [0.717, 1.165) is 43.5 Å². The summed E-state index contributed by atoms with van der Waals surface area (Å²) >= 11 is 5.89. The van der Waals surface area contributed by atoms with Gasteiger partial charge in [-0.1, -0.05) is 18.5 Å². The highest BCUT2D eigenvalue weighted by molar-refractivity contribution is 6.33. The Morgan fingerprint density at radius 3 is 2.50 bits per heavy atom. The minimum atomic E-state index is -4.38. The fourth-order valence-corrected chi connectivity index (χ4v) is 2.29. The average molecular weight is 305 g/mol. The van der Waals surface area contributed by atoms with E-state index < -0.39 is 11.7 Å². The molecule has 0 heterocycles. The van der Waals surface area contributed by atoms with Gasteiger partial charge in [0.25, 0.3) is 0 Å². The molecular formula is C14H16ClF3N2. The summed E-state index contributed by atoms with van der Waals surface area (Å²) in [4.78, 5) is 0. The Morgan fingerprint density at radius 2 is 1.90 bits per heavy atom. The van der Waals surface area contributed by atoms with E-state index in [2.05, 4.69) is 17.5 Å². The van der Waals surface area contributed by atoms with Crippen LogP contribution in [0.25, 0.3) is 0 Å². The maximum atomic E-state index is 12.6. The molecule has 2 nitrogen and oxygen atoms in total. The summed E-state index contributed by atoms with van der Waals surface area (Å²) in [5.74, 6) is 0.686. The third-order valence-corrected chi connectivity index (χ3v) is 3.81. The van der Waals surface area contributed by atoms with Crippen LogP contribution in [0.3, 0.4) is 0 Å². The van der Waals surface area contributed by atoms with Gasteiger partial charge in [-0.2, -0.15) is 18.3 Å². The number of hydrogen-bond acceptors (Lipinski definition) is 2. The normalized spacial score (nSPS) is 19.9. The third-order valence-electron chi connectivity index (χ3n) is 3.48. The molecule has 1 aliphatic carbocycles. The van der Waals surface area contributed by atoms with Gasteiger partial charge < -0.3 is 0 Å². The quantitative estimate of drug-likeness (QED) is 0.733. The van der Waals surface area contributed by atoms with Crippen LogP contribution >= 0.6 is 11.6 Å². The number of benzene rings is 1. The second kappa shape index (κ2) is 6.04. The lowest BCUT2D eigenvalue weighted by Crippen LogP contribution is -2.13. The summed E-state index contributed by atoms with van der Waals surface area (Å²) in [6.07, 6.45) is -0.488. The number of halogens is 4. The molecule has 1 aromatic rings. The molecule has 0 aromatic heterocycles. The summed E-state index contributed by atoms with van der Waals surface area (Å²) in [6.45, 7) is 2.19. The van der Waals surface area contributed by atoms with E-state index in [0.29, 0.717) is 5.92 Å². The molecule has 2 rings (SSSR count). The molecule has 1 fully saturated rings. The van der Waals surface area contributed by atoms with Gasteiger partial charge in [0.1, 0.15) is 0 Å². The van der Waals surface area contributed by atoms with Crippen LogP contribution in [-0.2, 0) is 6.18 Å². The molecule has 20 heavy (non-hydrogen) atoms. The van der Waals surface area contributed by atoms with Crippen molar-refractivity contribution >= 4 is 23.0 Å². The lowest BCUT2D eigenvalue weighted by Gasteiger charge is -2.19. The van der Waals surface area contributed by atoms with Crippen molar-refractivity contribution < 1.29 is 13.2 Å². The molecule has 110 valence electrons. The van der Waals surface area contributed by atoms with Crippen LogP contribution in [0.1, 0.15) is 38.2 Å². The standard InChI is InChI=1S/C14H16ClF3N2/c1-9-2-5-11(6-3-9)19-20-13-8-10(14(16,17)18)4-7-12(13)15/h4,7-9,20H,2-3,5-6H2,1H3. The summed E-state index contributed by atoms with van der Waals surface area (Å²) in [5.41, 5.74) is 3.10. The molecule has 1 aromatic carbocycles. The monoisotopic (exact) mass is 304 g/mol. The topological polar surface area (TPSA) is 24.4 Å². The summed E-state index contributed by atoms with van der Waals surface area (Å²) in [7, 11) is 0. The maximum Gasteiger partial charge on any atom is 0.416 e. The van der Waals surface area contributed by atoms with Crippen molar-refractivity contribution in [2.24, 2.45) is 11.0 Å². The van der Waals surface area contributed by atoms with Crippen molar-refractivity contribution in [1.29, 1.82) is 0 Å². The van der Waals surface area contributed by atoms with Crippen LogP contribution in [0.5, 0.6) is 0 Å². The molecule has 0 radical (unpaired) electrons. The third kappa shape index (κ3) is 3.88. The zero-order valence-electron chi connectivity index (χ0n) is 11.1. The molecule has 6 heteroatoms. The summed E-state index contributed by atoms with van der Waals surface area (Å²) < 4.78 is 37.9. The molecule has 0 unspecified atom stereocenters. The first-order valence-corrected chi connectivity index (χ1v) is 6.92. The van der Waals surface area contributed by atoms with E-state index in [1.165, 1.54) is 6.07 Å². The van der Waals surface area contributed by atoms with Gasteiger partial charge >= 0.3 is 6.18 Å². The minimum Gasteiger partial charge on any atom is -0.277 e. The predicted molar refractivity (Wildman–Crippen MR) is 75.1 cm³/mol. The van der Waals surface area contributed by atoms with Gasteiger partial charge in [0.15, 0.2) is 0 Å². The SMILES string of the molecule is CC1CCC(=NNc2cc(C(F)(F)F)ccc2Cl)CC1. The van der Waals surface area contributed by atoms with Crippen molar-refractivity contribution in [2.75, 3.05) is 5.43 Å². The molecule has 1 aliphatic rings. The van der Waals surface area contributed by atoms with Gasteiger partial charge in [-0.15, -0.1) is 0 Å². The Hall–Kier alpha value is -1.23. The number of hydrogen-bond donors (Lipinski definition) is 1. The highest BCUT2D eigenvalue weighted by Crippen LogP contribution is 2.34. The Labute approximate surface area is 121 Å². The van der Waals surface area contributed by atoms with Gasteiger partial charge in [0, 0.05) is 5.71 Å². The van der Waals surface area contributed by atoms with Crippen molar-refractivity contribution in [2.45, 2.75) is 38.8 Å². The number of rotatable bonds is 2. The molecule has 0 atom stereocenters. The van der Waals surface area contributed by atoms with Gasteiger partial charge in [-0.3, -0.25) is 5.43 Å². The van der Waals surface area contributed by atoms with Crippen LogP contribution in [0.15, 0.2) is 23.3 Å². The molecule has 0 amide bonds. The molecule has 1 saturated carbocycles. The zero-order chi connectivity index (χ0) is 14.8. The largest absolute Gasteiger partial charge is 0.416 e. The van der Waals surface area contributed by atoms with Gasteiger partial charge in [0.2, 0.25) is 0 Å². The number of nitrogens with zero attached hydrogens (tertiary/aromatic N) is 1. The smallest absolute Gasteiger partial charge is 0.277 e. The van der Waals surface area contributed by atoms with Crippen LogP contribution < -0.4 is 5.43 Å². The van der Waals surface area contributed by atoms with Gasteiger partial charge in [-0.05, 0) is 49.8 Å². The first kappa shape index (κ1) is 15.2. The van der Waals surface area contributed by atoms with Crippen LogP contribution in [0.2, 0.25) is 5.02 Å². The highest BCUT2D eigenvalue weighted by atomic mass is 35.5. The molecule has 1 N–H and O–H groups in total. The van der Waals surface area contributed by atoms with Crippen molar-refractivity contribution in [3.63, 3.8) is 0 Å². The van der Waals surface area contributed by atoms with Crippen molar-refractivity contribution in [3.8, 4) is 0 Å². The summed E-state index contributed by atoms with van der Waals surface area (Å²) in [5, 5.41) is 4.42. The summed E-state index contributed by atoms with van der Waals surface area (Å²) in [6, 6.07) is 3.18. The first-order chi connectivity index (χ1) is 9.36. The Morgan fingerprint density at radius 1 is 1.25 bits per heavy atom. The number of alkyl halides is 3. The van der Waals surface area contributed by atoms with Crippen LogP contribution in [-0.4, -0.2) is 5.71 Å². The van der Waals surface area contributed by atoms with E-state index in [4.69, 9.17) is 11.6 Å². The van der Waals surface area contributed by atoms with E-state index in [1.807, 2.05) is 0 Å².